The Bertz CT molecular complexity index is 1360. The summed E-state index contributed by atoms with van der Waals surface area (Å²) in [6.45, 7) is 1.61. The largest absolute Gasteiger partial charge is 0.434 e. The Balaban J connectivity index is 1.71. The normalized spacial score (nSPS) is 16.0. The lowest BCUT2D eigenvalue weighted by molar-refractivity contribution is -0.143. The SMILES string of the molecule is CC1NC(n2nccn2)=C(C#N)C=C1NC(=O)c1cnn(-c2ccc(F)c(N)n2)c1C(F)(F)F. The molecule has 1 aliphatic rings. The van der Waals surface area contributed by atoms with Crippen LogP contribution in [0, 0.1) is 17.1 Å². The highest BCUT2D eigenvalue weighted by Crippen LogP contribution is 2.34. The maximum absolute atomic E-state index is 13.9. The zero-order chi connectivity index (χ0) is 24.6. The number of hydrogen-bond acceptors (Lipinski definition) is 8. The van der Waals surface area contributed by atoms with Crippen molar-refractivity contribution in [3.63, 3.8) is 0 Å². The molecule has 0 bridgehead atoms. The van der Waals surface area contributed by atoms with Gasteiger partial charge >= 0.3 is 6.18 Å². The van der Waals surface area contributed by atoms with Gasteiger partial charge in [0, 0.05) is 5.70 Å². The number of hydrogen-bond donors (Lipinski definition) is 3. The summed E-state index contributed by atoms with van der Waals surface area (Å²) in [5.74, 6) is -2.87. The van der Waals surface area contributed by atoms with Gasteiger partial charge in [0.15, 0.2) is 29.0 Å². The number of nitrogens with two attached hydrogens (primary N) is 1. The highest BCUT2D eigenvalue weighted by molar-refractivity contribution is 5.96. The van der Waals surface area contributed by atoms with Crippen LogP contribution in [0.5, 0.6) is 0 Å². The van der Waals surface area contributed by atoms with Gasteiger partial charge in [0.05, 0.1) is 35.8 Å². The second-order valence-electron chi connectivity index (χ2n) is 6.97. The molecule has 3 aromatic heterocycles. The Labute approximate surface area is 188 Å². The molecule has 4 heterocycles. The first-order valence-electron chi connectivity index (χ1n) is 9.48. The number of dihydropyridines is 1. The fourth-order valence-corrected chi connectivity index (χ4v) is 3.16. The molecule has 3 aromatic rings. The molecule has 11 nitrogen and oxygen atoms in total. The highest BCUT2D eigenvalue weighted by Gasteiger charge is 2.41. The zero-order valence-electron chi connectivity index (χ0n) is 17.2. The summed E-state index contributed by atoms with van der Waals surface area (Å²) in [4.78, 5) is 17.6. The van der Waals surface area contributed by atoms with Crippen LogP contribution < -0.4 is 16.4 Å². The average Bonchev–Trinajstić information content (AvgIpc) is 3.46. The number of nitrogen functional groups attached to an aromatic ring is 1. The molecule has 1 atom stereocenters. The summed E-state index contributed by atoms with van der Waals surface area (Å²) in [6.07, 6.45) is -0.210. The van der Waals surface area contributed by atoms with E-state index in [0.29, 0.717) is 10.9 Å². The highest BCUT2D eigenvalue weighted by atomic mass is 19.4. The van der Waals surface area contributed by atoms with Crippen molar-refractivity contribution in [3.05, 3.63) is 65.1 Å². The number of allylic oxidation sites excluding steroid dienone is 2. The lowest BCUT2D eigenvalue weighted by Crippen LogP contribution is -2.40. The third-order valence-electron chi connectivity index (χ3n) is 4.73. The van der Waals surface area contributed by atoms with Gasteiger partial charge in [-0.25, -0.2) is 14.1 Å². The molecule has 0 aromatic carbocycles. The minimum absolute atomic E-state index is 0.0438. The van der Waals surface area contributed by atoms with Gasteiger partial charge in [-0.2, -0.15) is 33.7 Å². The molecule has 0 saturated heterocycles. The number of aromatic nitrogens is 6. The number of alkyl halides is 3. The topological polar surface area (TPSA) is 152 Å². The number of nitrogens with one attached hydrogen (secondary N) is 2. The molecule has 4 N–H and O–H groups in total. The van der Waals surface area contributed by atoms with E-state index in [1.807, 2.05) is 6.07 Å². The zero-order valence-corrected chi connectivity index (χ0v) is 17.2. The minimum atomic E-state index is -5.02. The Morgan fingerprint density at radius 2 is 1.97 bits per heavy atom. The van der Waals surface area contributed by atoms with Crippen LogP contribution in [0.1, 0.15) is 23.0 Å². The lowest BCUT2D eigenvalue weighted by Gasteiger charge is -2.25. The van der Waals surface area contributed by atoms with Crippen LogP contribution in [-0.2, 0) is 6.18 Å². The standard InChI is InChI=1S/C19H14F4N10O/c1-9-13(6-10(7-24)17(29-9)33-26-4-5-27-33)30-18(34)11-8-28-32(15(11)19(21,22)23)14-3-2-12(20)16(25)31-14/h2-6,8-9,29H,1H3,(H2,25,31)(H,30,34). The van der Waals surface area contributed by atoms with Gasteiger partial charge in [-0.05, 0) is 25.1 Å². The lowest BCUT2D eigenvalue weighted by atomic mass is 10.1. The number of nitrogens with zero attached hydrogens (tertiary/aromatic N) is 7. The first-order valence-corrected chi connectivity index (χ1v) is 9.48. The molecule has 15 heteroatoms. The Hall–Kier alpha value is -4.74. The molecule has 1 aliphatic heterocycles. The number of carbonyl (C=O) groups excluding carboxylic acids is 1. The van der Waals surface area contributed by atoms with Gasteiger partial charge in [0.25, 0.3) is 5.91 Å². The van der Waals surface area contributed by atoms with Crippen LogP contribution in [0.15, 0.2) is 48.1 Å². The Morgan fingerprint density at radius 1 is 1.26 bits per heavy atom. The van der Waals surface area contributed by atoms with E-state index in [1.54, 1.807) is 6.92 Å². The summed E-state index contributed by atoms with van der Waals surface area (Å²) < 4.78 is 55.4. The molecule has 4 rings (SSSR count). The van der Waals surface area contributed by atoms with E-state index in [-0.39, 0.29) is 17.1 Å². The molecular weight excluding hydrogens is 460 g/mol. The minimum Gasteiger partial charge on any atom is -0.381 e. The fraction of sp³-hybridized carbons (Fsp3) is 0.158. The van der Waals surface area contributed by atoms with Crippen molar-refractivity contribution in [2.45, 2.75) is 19.1 Å². The fourth-order valence-electron chi connectivity index (χ4n) is 3.16. The number of rotatable bonds is 4. The monoisotopic (exact) mass is 474 g/mol. The summed E-state index contributed by atoms with van der Waals surface area (Å²) >= 11 is 0. The van der Waals surface area contributed by atoms with Crippen LogP contribution in [0.3, 0.4) is 0 Å². The maximum atomic E-state index is 13.9. The first kappa shape index (κ1) is 22.5. The van der Waals surface area contributed by atoms with Gasteiger partial charge < -0.3 is 16.4 Å². The number of carbonyl (C=O) groups is 1. The molecule has 0 aliphatic carbocycles. The van der Waals surface area contributed by atoms with Crippen molar-refractivity contribution in [2.75, 3.05) is 5.73 Å². The van der Waals surface area contributed by atoms with Crippen molar-refractivity contribution in [1.29, 1.82) is 5.26 Å². The van der Waals surface area contributed by atoms with Crippen molar-refractivity contribution in [3.8, 4) is 11.9 Å². The predicted octanol–water partition coefficient (Wildman–Crippen LogP) is 1.60. The smallest absolute Gasteiger partial charge is 0.381 e. The summed E-state index contributed by atoms with van der Waals surface area (Å²) in [5, 5.41) is 26.2. The summed E-state index contributed by atoms with van der Waals surface area (Å²) in [5.41, 5.74) is 3.28. The quantitative estimate of drug-likeness (QED) is 0.482. The second kappa shape index (κ2) is 8.31. The Morgan fingerprint density at radius 3 is 2.59 bits per heavy atom. The number of nitriles is 1. The maximum Gasteiger partial charge on any atom is 0.434 e. The third kappa shape index (κ3) is 4.03. The first-order chi connectivity index (χ1) is 16.1. The summed E-state index contributed by atoms with van der Waals surface area (Å²) in [7, 11) is 0. The third-order valence-corrected chi connectivity index (χ3v) is 4.73. The van der Waals surface area contributed by atoms with Crippen LogP contribution in [-0.4, -0.2) is 41.7 Å². The van der Waals surface area contributed by atoms with Crippen molar-refractivity contribution in [1.82, 2.24) is 40.4 Å². The molecule has 1 unspecified atom stereocenters. The molecule has 174 valence electrons. The number of halogens is 4. The number of amides is 1. The molecular formula is C19H14F4N10O. The van der Waals surface area contributed by atoms with Crippen LogP contribution in [0.4, 0.5) is 23.4 Å². The molecule has 34 heavy (non-hydrogen) atoms. The van der Waals surface area contributed by atoms with Crippen molar-refractivity contribution >= 4 is 17.5 Å². The van der Waals surface area contributed by atoms with Gasteiger partial charge in [0.1, 0.15) is 6.07 Å². The van der Waals surface area contributed by atoms with E-state index < -0.39 is 46.8 Å². The van der Waals surface area contributed by atoms with Crippen LogP contribution >= 0.6 is 0 Å². The van der Waals surface area contributed by atoms with Crippen LogP contribution in [0.25, 0.3) is 11.6 Å². The molecule has 0 radical (unpaired) electrons. The second-order valence-corrected chi connectivity index (χ2v) is 6.97. The molecule has 0 fully saturated rings. The van der Waals surface area contributed by atoms with E-state index in [9.17, 15) is 27.6 Å². The number of pyridine rings is 1. The van der Waals surface area contributed by atoms with Gasteiger partial charge in [-0.3, -0.25) is 4.79 Å². The molecule has 1 amide bonds. The Kier molecular flexibility index (Phi) is 5.49. The van der Waals surface area contributed by atoms with E-state index in [4.69, 9.17) is 5.73 Å². The van der Waals surface area contributed by atoms with Gasteiger partial charge in [-0.15, -0.1) is 4.80 Å². The molecule has 0 spiro atoms. The van der Waals surface area contributed by atoms with E-state index in [2.05, 4.69) is 30.9 Å². The average molecular weight is 474 g/mol. The molecule has 0 saturated carbocycles. The summed E-state index contributed by atoms with van der Waals surface area (Å²) in [6, 6.07) is 3.08. The van der Waals surface area contributed by atoms with E-state index in [0.717, 1.165) is 16.9 Å². The predicted molar refractivity (Wildman–Crippen MR) is 108 cm³/mol. The van der Waals surface area contributed by atoms with Crippen LogP contribution in [0.2, 0.25) is 0 Å². The number of anilines is 1. The van der Waals surface area contributed by atoms with Crippen molar-refractivity contribution in [2.24, 2.45) is 0 Å². The van der Waals surface area contributed by atoms with Crippen molar-refractivity contribution < 1.29 is 22.4 Å². The van der Waals surface area contributed by atoms with E-state index in [1.165, 1.54) is 18.5 Å². The van der Waals surface area contributed by atoms with E-state index >= 15 is 0 Å². The van der Waals surface area contributed by atoms with Gasteiger partial charge in [-0.1, -0.05) is 0 Å². The van der Waals surface area contributed by atoms with Gasteiger partial charge in [0.2, 0.25) is 0 Å².